The summed E-state index contributed by atoms with van der Waals surface area (Å²) in [6.07, 6.45) is 1.64. The average molecular weight is 347 g/mol. The number of amides is 1. The molecule has 5 heteroatoms. The number of nitrogen functional groups attached to an aromatic ring is 1. The molecule has 0 fully saturated rings. The van der Waals surface area contributed by atoms with Gasteiger partial charge in [-0.3, -0.25) is 4.79 Å². The van der Waals surface area contributed by atoms with Crippen molar-refractivity contribution in [3.63, 3.8) is 0 Å². The molecule has 0 radical (unpaired) electrons. The van der Waals surface area contributed by atoms with Gasteiger partial charge in [-0.05, 0) is 42.8 Å². The number of para-hydroxylation sites is 1. The van der Waals surface area contributed by atoms with E-state index in [1.807, 2.05) is 50.2 Å². The number of nitrogens with one attached hydrogen (secondary N) is 1. The SMILES string of the molecule is CC(C)Oc1ccc2ccccc2c1/C=N\NC(=O)c1ccccc1N. The molecule has 0 bridgehead atoms. The molecule has 0 spiro atoms. The van der Waals surface area contributed by atoms with E-state index in [9.17, 15) is 4.79 Å². The second-order valence-corrected chi connectivity index (χ2v) is 6.15. The third-order valence-electron chi connectivity index (χ3n) is 3.86. The first-order chi connectivity index (χ1) is 12.6. The number of benzene rings is 3. The van der Waals surface area contributed by atoms with Crippen LogP contribution in [0.2, 0.25) is 0 Å². The van der Waals surface area contributed by atoms with Crippen molar-refractivity contribution in [2.75, 3.05) is 5.73 Å². The van der Waals surface area contributed by atoms with Crippen molar-refractivity contribution in [2.45, 2.75) is 20.0 Å². The Bertz CT molecular complexity index is 964. The number of hydrazone groups is 1. The summed E-state index contributed by atoms with van der Waals surface area (Å²) in [6.45, 7) is 3.94. The Balaban J connectivity index is 1.90. The lowest BCUT2D eigenvalue weighted by molar-refractivity contribution is 0.0956. The summed E-state index contributed by atoms with van der Waals surface area (Å²) < 4.78 is 5.89. The first-order valence-electron chi connectivity index (χ1n) is 8.42. The second kappa shape index (κ2) is 7.70. The Morgan fingerprint density at radius 2 is 1.81 bits per heavy atom. The second-order valence-electron chi connectivity index (χ2n) is 6.15. The quantitative estimate of drug-likeness (QED) is 0.416. The molecular weight excluding hydrogens is 326 g/mol. The van der Waals surface area contributed by atoms with Crippen LogP contribution in [-0.4, -0.2) is 18.2 Å². The van der Waals surface area contributed by atoms with Crippen molar-refractivity contribution >= 4 is 28.6 Å². The largest absolute Gasteiger partial charge is 0.490 e. The van der Waals surface area contributed by atoms with E-state index >= 15 is 0 Å². The molecule has 0 saturated carbocycles. The van der Waals surface area contributed by atoms with Crippen molar-refractivity contribution in [3.05, 3.63) is 71.8 Å². The number of rotatable bonds is 5. The van der Waals surface area contributed by atoms with Crippen molar-refractivity contribution in [1.29, 1.82) is 0 Å². The lowest BCUT2D eigenvalue weighted by atomic mass is 10.0. The summed E-state index contributed by atoms with van der Waals surface area (Å²) in [5.41, 5.74) is 9.97. The number of ether oxygens (including phenoxy) is 1. The molecule has 0 atom stereocenters. The van der Waals surface area contributed by atoms with E-state index in [0.29, 0.717) is 11.3 Å². The zero-order valence-corrected chi connectivity index (χ0v) is 14.8. The number of nitrogens with zero attached hydrogens (tertiary/aromatic N) is 1. The van der Waals surface area contributed by atoms with E-state index < -0.39 is 0 Å². The van der Waals surface area contributed by atoms with Crippen LogP contribution in [0.3, 0.4) is 0 Å². The molecule has 0 saturated heterocycles. The van der Waals surface area contributed by atoms with Gasteiger partial charge in [0.25, 0.3) is 5.91 Å². The van der Waals surface area contributed by atoms with Gasteiger partial charge in [0.15, 0.2) is 0 Å². The van der Waals surface area contributed by atoms with Gasteiger partial charge < -0.3 is 10.5 Å². The van der Waals surface area contributed by atoms with Crippen LogP contribution in [-0.2, 0) is 0 Å². The summed E-state index contributed by atoms with van der Waals surface area (Å²) >= 11 is 0. The molecule has 0 heterocycles. The third-order valence-corrected chi connectivity index (χ3v) is 3.86. The third kappa shape index (κ3) is 3.83. The van der Waals surface area contributed by atoms with E-state index in [0.717, 1.165) is 22.1 Å². The molecule has 0 aliphatic rings. The van der Waals surface area contributed by atoms with E-state index in [4.69, 9.17) is 10.5 Å². The predicted molar refractivity (Wildman–Crippen MR) is 106 cm³/mol. The molecule has 3 aromatic carbocycles. The number of hydrogen-bond acceptors (Lipinski definition) is 4. The minimum Gasteiger partial charge on any atom is -0.490 e. The minimum atomic E-state index is -0.356. The van der Waals surface area contributed by atoms with Gasteiger partial charge >= 0.3 is 0 Å². The maximum Gasteiger partial charge on any atom is 0.273 e. The molecule has 5 nitrogen and oxygen atoms in total. The summed E-state index contributed by atoms with van der Waals surface area (Å²) in [7, 11) is 0. The Morgan fingerprint density at radius 3 is 2.58 bits per heavy atom. The van der Waals surface area contributed by atoms with E-state index in [1.54, 1.807) is 30.5 Å². The van der Waals surface area contributed by atoms with Gasteiger partial charge in [-0.15, -0.1) is 0 Å². The summed E-state index contributed by atoms with van der Waals surface area (Å²) in [5.74, 6) is 0.363. The summed E-state index contributed by atoms with van der Waals surface area (Å²) in [6, 6.07) is 18.8. The van der Waals surface area contributed by atoms with Gasteiger partial charge in [-0.2, -0.15) is 5.10 Å². The van der Waals surface area contributed by atoms with Crippen molar-refractivity contribution in [1.82, 2.24) is 5.43 Å². The lowest BCUT2D eigenvalue weighted by Gasteiger charge is -2.14. The van der Waals surface area contributed by atoms with E-state index in [1.165, 1.54) is 0 Å². The molecular formula is C21H21N3O2. The maximum atomic E-state index is 12.2. The molecule has 0 aromatic heterocycles. The van der Waals surface area contributed by atoms with Crippen LogP contribution in [0.4, 0.5) is 5.69 Å². The maximum absolute atomic E-state index is 12.2. The number of carbonyl (C=O) groups is 1. The predicted octanol–water partition coefficient (Wildman–Crippen LogP) is 3.97. The highest BCUT2D eigenvalue weighted by molar-refractivity contribution is 6.03. The monoisotopic (exact) mass is 347 g/mol. The normalized spacial score (nSPS) is 11.2. The highest BCUT2D eigenvalue weighted by atomic mass is 16.5. The molecule has 3 rings (SSSR count). The van der Waals surface area contributed by atoms with Crippen LogP contribution < -0.4 is 15.9 Å². The number of fused-ring (bicyclic) bond motifs is 1. The molecule has 0 aliphatic heterocycles. The topological polar surface area (TPSA) is 76.7 Å². The molecule has 0 unspecified atom stereocenters. The minimum absolute atomic E-state index is 0.0296. The standard InChI is InChI=1S/C21H21N3O2/c1-14(2)26-20-12-11-15-7-3-4-8-16(15)18(20)13-23-24-21(25)17-9-5-6-10-19(17)22/h3-14H,22H2,1-2H3,(H,24,25)/b23-13-. The van der Waals surface area contributed by atoms with Crippen molar-refractivity contribution in [3.8, 4) is 5.75 Å². The fraction of sp³-hybridized carbons (Fsp3) is 0.143. The molecule has 3 N–H and O–H groups in total. The molecule has 1 amide bonds. The number of carbonyl (C=O) groups excluding carboxylic acids is 1. The van der Waals surface area contributed by atoms with Gasteiger partial charge in [0.1, 0.15) is 5.75 Å². The van der Waals surface area contributed by atoms with Gasteiger partial charge in [0.05, 0.1) is 17.9 Å². The van der Waals surface area contributed by atoms with Crippen LogP contribution in [0, 0.1) is 0 Å². The van der Waals surface area contributed by atoms with Crippen molar-refractivity contribution in [2.24, 2.45) is 5.10 Å². The van der Waals surface area contributed by atoms with Gasteiger partial charge in [-0.1, -0.05) is 42.5 Å². The smallest absolute Gasteiger partial charge is 0.273 e. The van der Waals surface area contributed by atoms with Crippen molar-refractivity contribution < 1.29 is 9.53 Å². The molecule has 26 heavy (non-hydrogen) atoms. The fourth-order valence-corrected chi connectivity index (χ4v) is 2.68. The Hall–Kier alpha value is -3.34. The average Bonchev–Trinajstić information content (AvgIpc) is 2.63. The van der Waals surface area contributed by atoms with Gasteiger partial charge in [0.2, 0.25) is 0 Å². The Labute approximate surface area is 152 Å². The molecule has 0 aliphatic carbocycles. The summed E-state index contributed by atoms with van der Waals surface area (Å²) in [4.78, 5) is 12.2. The summed E-state index contributed by atoms with van der Waals surface area (Å²) in [5, 5.41) is 6.19. The van der Waals surface area contributed by atoms with Crippen LogP contribution in [0.15, 0.2) is 65.8 Å². The highest BCUT2D eigenvalue weighted by Gasteiger charge is 2.10. The highest BCUT2D eigenvalue weighted by Crippen LogP contribution is 2.27. The van der Waals surface area contributed by atoms with Gasteiger partial charge in [-0.25, -0.2) is 5.43 Å². The zero-order valence-electron chi connectivity index (χ0n) is 14.8. The van der Waals surface area contributed by atoms with Gasteiger partial charge in [0, 0.05) is 11.3 Å². The Kier molecular flexibility index (Phi) is 5.17. The Morgan fingerprint density at radius 1 is 1.08 bits per heavy atom. The molecule has 132 valence electrons. The number of hydrogen-bond donors (Lipinski definition) is 2. The van der Waals surface area contributed by atoms with Crippen LogP contribution in [0.25, 0.3) is 10.8 Å². The van der Waals surface area contributed by atoms with Crippen LogP contribution in [0.1, 0.15) is 29.8 Å². The number of anilines is 1. The van der Waals surface area contributed by atoms with E-state index in [2.05, 4.69) is 10.5 Å². The van der Waals surface area contributed by atoms with Crippen LogP contribution in [0.5, 0.6) is 5.75 Å². The number of nitrogens with two attached hydrogens (primary N) is 1. The van der Waals surface area contributed by atoms with E-state index in [-0.39, 0.29) is 12.0 Å². The lowest BCUT2D eigenvalue weighted by Crippen LogP contribution is -2.19. The fourth-order valence-electron chi connectivity index (χ4n) is 2.68. The first kappa shape index (κ1) is 17.5. The van der Waals surface area contributed by atoms with Crippen LogP contribution >= 0.6 is 0 Å². The zero-order chi connectivity index (χ0) is 18.5. The molecule has 3 aromatic rings. The first-order valence-corrected chi connectivity index (χ1v) is 8.42.